The van der Waals surface area contributed by atoms with Crippen molar-refractivity contribution in [1.82, 2.24) is 4.90 Å². The second kappa shape index (κ2) is 9.40. The lowest BCUT2D eigenvalue weighted by Gasteiger charge is -2.34. The zero-order chi connectivity index (χ0) is 22.6. The van der Waals surface area contributed by atoms with Gasteiger partial charge in [-0.05, 0) is 41.8 Å². The van der Waals surface area contributed by atoms with Crippen molar-refractivity contribution in [2.75, 3.05) is 12.4 Å². The molecule has 0 N–H and O–H groups in total. The van der Waals surface area contributed by atoms with E-state index in [9.17, 15) is 18.0 Å². The third-order valence-corrected chi connectivity index (χ3v) is 7.23. The van der Waals surface area contributed by atoms with Crippen molar-refractivity contribution in [2.24, 2.45) is 0 Å². The van der Waals surface area contributed by atoms with Gasteiger partial charge in [-0.25, -0.2) is 13.2 Å². The van der Waals surface area contributed by atoms with Crippen LogP contribution in [0.15, 0.2) is 82.3 Å². The molecule has 0 saturated heterocycles. The highest BCUT2D eigenvalue weighted by Crippen LogP contribution is 2.26. The first-order valence-corrected chi connectivity index (χ1v) is 12.0. The highest BCUT2D eigenvalue weighted by Gasteiger charge is 2.37. The van der Waals surface area contributed by atoms with E-state index in [2.05, 4.69) is 0 Å². The van der Waals surface area contributed by atoms with Crippen LogP contribution in [-0.2, 0) is 32.3 Å². The summed E-state index contributed by atoms with van der Waals surface area (Å²) >= 11 is 0. The summed E-state index contributed by atoms with van der Waals surface area (Å²) in [6, 6.07) is 18.1. The Morgan fingerprint density at radius 1 is 0.969 bits per heavy atom. The lowest BCUT2D eigenvalue weighted by atomic mass is 9.93. The van der Waals surface area contributed by atoms with Gasteiger partial charge in [0.2, 0.25) is 0 Å². The molecular weight excluding hydrogens is 430 g/mol. The van der Waals surface area contributed by atoms with Crippen LogP contribution < -0.4 is 0 Å². The highest BCUT2D eigenvalue weighted by molar-refractivity contribution is 7.91. The first kappa shape index (κ1) is 21.8. The van der Waals surface area contributed by atoms with Crippen LogP contribution in [0.25, 0.3) is 0 Å². The van der Waals surface area contributed by atoms with Crippen LogP contribution in [0.2, 0.25) is 0 Å². The van der Waals surface area contributed by atoms with Gasteiger partial charge in [0.05, 0.1) is 23.5 Å². The average Bonchev–Trinajstić information content (AvgIpc) is 3.36. The van der Waals surface area contributed by atoms with Crippen molar-refractivity contribution >= 4 is 21.7 Å². The van der Waals surface area contributed by atoms with Crippen LogP contribution in [0.1, 0.15) is 28.1 Å². The van der Waals surface area contributed by atoms with Crippen LogP contribution in [0.4, 0.5) is 0 Å². The molecule has 0 aliphatic carbocycles. The molecule has 32 heavy (non-hydrogen) atoms. The Kier molecular flexibility index (Phi) is 6.41. The van der Waals surface area contributed by atoms with Gasteiger partial charge in [0.1, 0.15) is 6.04 Å². The van der Waals surface area contributed by atoms with Gasteiger partial charge in [-0.3, -0.25) is 4.79 Å². The molecule has 0 saturated carbocycles. The Hall–Kier alpha value is -3.39. The maximum atomic E-state index is 12.9. The van der Waals surface area contributed by atoms with E-state index >= 15 is 0 Å². The summed E-state index contributed by atoms with van der Waals surface area (Å²) in [5.74, 6) is -0.932. The van der Waals surface area contributed by atoms with Gasteiger partial charge < -0.3 is 14.1 Å². The number of sulfone groups is 1. The smallest absolute Gasteiger partial charge is 0.329 e. The standard InChI is InChI=1S/C24H23NO6S/c26-23(22-12-6-13-30-22)25-17-19-9-5-4-8-18(19)16-21(25)24(27)31-14-7-15-32(28,29)20-10-2-1-3-11-20/h1-6,8-13,21H,7,14-17H2/t21-/m0/s1. The number of hydrogen-bond acceptors (Lipinski definition) is 6. The van der Waals surface area contributed by atoms with Gasteiger partial charge in [-0.2, -0.15) is 0 Å². The van der Waals surface area contributed by atoms with E-state index < -0.39 is 27.8 Å². The topological polar surface area (TPSA) is 93.9 Å². The number of nitrogens with zero attached hydrogens (tertiary/aromatic N) is 1. The molecule has 3 aromatic rings. The SMILES string of the molecule is O=C(OCCCS(=O)(=O)c1ccccc1)[C@@H]1Cc2ccccc2CN1C(=O)c1ccco1. The fraction of sp³-hybridized carbons (Fsp3) is 0.250. The van der Waals surface area contributed by atoms with Gasteiger partial charge >= 0.3 is 5.97 Å². The summed E-state index contributed by atoms with van der Waals surface area (Å²) in [6.07, 6.45) is 1.90. The molecule has 2 heterocycles. The number of fused-ring (bicyclic) bond motifs is 1. The number of rotatable bonds is 7. The molecule has 1 aromatic heterocycles. The van der Waals surface area contributed by atoms with Crippen molar-refractivity contribution < 1.29 is 27.2 Å². The van der Waals surface area contributed by atoms with Gasteiger partial charge in [-0.1, -0.05) is 42.5 Å². The quantitative estimate of drug-likeness (QED) is 0.403. The maximum absolute atomic E-state index is 12.9. The zero-order valence-electron chi connectivity index (χ0n) is 17.3. The molecule has 166 valence electrons. The first-order valence-electron chi connectivity index (χ1n) is 10.3. The predicted molar refractivity (Wildman–Crippen MR) is 117 cm³/mol. The summed E-state index contributed by atoms with van der Waals surface area (Å²) in [4.78, 5) is 27.5. The number of benzene rings is 2. The van der Waals surface area contributed by atoms with Crippen LogP contribution in [0, 0.1) is 0 Å². The van der Waals surface area contributed by atoms with Crippen LogP contribution >= 0.6 is 0 Å². The molecule has 2 aromatic carbocycles. The number of carbonyl (C=O) groups excluding carboxylic acids is 2. The Morgan fingerprint density at radius 3 is 2.41 bits per heavy atom. The molecule has 1 atom stereocenters. The first-order chi connectivity index (χ1) is 15.5. The van der Waals surface area contributed by atoms with Gasteiger partial charge in [0.15, 0.2) is 15.6 Å². The molecule has 1 aliphatic heterocycles. The molecule has 0 radical (unpaired) electrons. The molecule has 0 bridgehead atoms. The minimum Gasteiger partial charge on any atom is -0.464 e. The molecule has 1 amide bonds. The van der Waals surface area contributed by atoms with Crippen molar-refractivity contribution in [3.05, 3.63) is 89.9 Å². The number of ether oxygens (including phenoxy) is 1. The number of carbonyl (C=O) groups is 2. The van der Waals surface area contributed by atoms with Gasteiger partial charge in [-0.15, -0.1) is 0 Å². The van der Waals surface area contributed by atoms with Crippen molar-refractivity contribution in [1.29, 1.82) is 0 Å². The van der Waals surface area contributed by atoms with E-state index in [1.807, 2.05) is 24.3 Å². The molecular formula is C24H23NO6S. The molecule has 0 spiro atoms. The molecule has 1 aliphatic rings. The zero-order valence-corrected chi connectivity index (χ0v) is 18.2. The Morgan fingerprint density at radius 2 is 1.69 bits per heavy atom. The number of amides is 1. The second-order valence-electron chi connectivity index (χ2n) is 7.55. The number of furan rings is 1. The van der Waals surface area contributed by atoms with E-state index in [1.165, 1.54) is 11.2 Å². The molecule has 8 heteroatoms. The lowest BCUT2D eigenvalue weighted by Crippen LogP contribution is -2.49. The molecule has 0 fully saturated rings. The van der Waals surface area contributed by atoms with Crippen LogP contribution in [-0.4, -0.2) is 43.6 Å². The predicted octanol–water partition coefficient (Wildman–Crippen LogP) is 3.25. The summed E-state index contributed by atoms with van der Waals surface area (Å²) in [7, 11) is -3.45. The fourth-order valence-corrected chi connectivity index (χ4v) is 5.06. The molecule has 4 rings (SSSR count). The van der Waals surface area contributed by atoms with E-state index in [1.54, 1.807) is 42.5 Å². The third-order valence-electron chi connectivity index (χ3n) is 5.42. The van der Waals surface area contributed by atoms with E-state index in [0.717, 1.165) is 11.1 Å². The molecule has 0 unspecified atom stereocenters. The van der Waals surface area contributed by atoms with Gasteiger partial charge in [0.25, 0.3) is 5.91 Å². The lowest BCUT2D eigenvalue weighted by molar-refractivity contribution is -0.149. The summed E-state index contributed by atoms with van der Waals surface area (Å²) < 4.78 is 35.4. The summed E-state index contributed by atoms with van der Waals surface area (Å²) in [5.41, 5.74) is 1.94. The highest BCUT2D eigenvalue weighted by atomic mass is 32.2. The summed E-state index contributed by atoms with van der Waals surface area (Å²) in [5, 5.41) is 0. The monoisotopic (exact) mass is 453 g/mol. The van der Waals surface area contributed by atoms with Crippen LogP contribution in [0.3, 0.4) is 0 Å². The maximum Gasteiger partial charge on any atom is 0.329 e. The summed E-state index contributed by atoms with van der Waals surface area (Å²) in [6.45, 7) is 0.212. The van der Waals surface area contributed by atoms with Crippen molar-refractivity contribution in [3.8, 4) is 0 Å². The fourth-order valence-electron chi connectivity index (χ4n) is 3.75. The Bertz CT molecular complexity index is 1190. The number of esters is 1. The second-order valence-corrected chi connectivity index (χ2v) is 9.66. The minimum absolute atomic E-state index is 0.0498. The Balaban J connectivity index is 1.42. The van der Waals surface area contributed by atoms with Crippen molar-refractivity contribution in [3.63, 3.8) is 0 Å². The van der Waals surface area contributed by atoms with E-state index in [0.29, 0.717) is 6.42 Å². The number of hydrogen-bond donors (Lipinski definition) is 0. The average molecular weight is 454 g/mol. The molecule has 7 nitrogen and oxygen atoms in total. The largest absolute Gasteiger partial charge is 0.464 e. The van der Waals surface area contributed by atoms with E-state index in [-0.39, 0.29) is 36.0 Å². The van der Waals surface area contributed by atoms with E-state index in [4.69, 9.17) is 9.15 Å². The third kappa shape index (κ3) is 4.75. The van der Waals surface area contributed by atoms with Crippen molar-refractivity contribution in [2.45, 2.75) is 30.3 Å². The minimum atomic E-state index is -3.45. The van der Waals surface area contributed by atoms with Crippen LogP contribution in [0.5, 0.6) is 0 Å². The normalized spacial score (nSPS) is 15.8. The van der Waals surface area contributed by atoms with Gasteiger partial charge in [0, 0.05) is 13.0 Å². The Labute approximate surface area is 186 Å².